The van der Waals surface area contributed by atoms with E-state index in [9.17, 15) is 9.59 Å². The highest BCUT2D eigenvalue weighted by atomic mass is 16.6. The Labute approximate surface area is 161 Å². The van der Waals surface area contributed by atoms with Gasteiger partial charge in [0.15, 0.2) is 11.5 Å². The van der Waals surface area contributed by atoms with E-state index in [1.54, 1.807) is 24.3 Å². The third kappa shape index (κ3) is 3.81. The second kappa shape index (κ2) is 7.84. The monoisotopic (exact) mass is 374 g/mol. The van der Waals surface area contributed by atoms with Gasteiger partial charge in [0.25, 0.3) is 11.8 Å². The van der Waals surface area contributed by atoms with Gasteiger partial charge in [-0.25, -0.2) is 0 Å². The van der Waals surface area contributed by atoms with Crippen molar-refractivity contribution in [1.82, 2.24) is 10.9 Å². The molecule has 0 fully saturated rings. The highest BCUT2D eigenvalue weighted by molar-refractivity contribution is 5.97. The number of hydrogen-bond acceptors (Lipinski definition) is 4. The number of carbonyl (C=O) groups excluding carboxylic acids is 2. The molecule has 1 aliphatic rings. The lowest BCUT2D eigenvalue weighted by molar-refractivity contribution is -0.134. The standard InChI is InChI=1S/C22H18N2O4/c25-21(13-12-16-8-5-7-15-6-1-2-9-17(15)16)23-24-22(26)20-14-27-18-10-3-4-11-19(18)28-20/h1-13,20H,14H2,(H,23,25)(H,24,26)/b13-12+. The van der Waals surface area contributed by atoms with E-state index >= 15 is 0 Å². The number of hydrazine groups is 1. The van der Waals surface area contributed by atoms with Gasteiger partial charge in [-0.15, -0.1) is 0 Å². The molecule has 0 aromatic heterocycles. The van der Waals surface area contributed by atoms with Crippen molar-refractivity contribution < 1.29 is 19.1 Å². The van der Waals surface area contributed by atoms with Crippen molar-refractivity contribution in [3.05, 3.63) is 78.4 Å². The van der Waals surface area contributed by atoms with Crippen LogP contribution in [-0.4, -0.2) is 24.5 Å². The number of carbonyl (C=O) groups is 2. The zero-order valence-electron chi connectivity index (χ0n) is 14.9. The lowest BCUT2D eigenvalue weighted by Crippen LogP contribution is -2.50. The summed E-state index contributed by atoms with van der Waals surface area (Å²) in [5.74, 6) is 0.157. The Hall–Kier alpha value is -3.80. The van der Waals surface area contributed by atoms with E-state index in [1.165, 1.54) is 6.08 Å². The molecule has 3 aromatic carbocycles. The van der Waals surface area contributed by atoms with Crippen LogP contribution in [-0.2, 0) is 9.59 Å². The first-order valence-corrected chi connectivity index (χ1v) is 8.85. The Morgan fingerprint density at radius 1 is 0.893 bits per heavy atom. The van der Waals surface area contributed by atoms with Crippen molar-refractivity contribution in [2.45, 2.75) is 6.10 Å². The number of hydrogen-bond donors (Lipinski definition) is 2. The minimum atomic E-state index is -0.836. The summed E-state index contributed by atoms with van der Waals surface area (Å²) in [6, 6.07) is 20.9. The molecule has 1 heterocycles. The second-order valence-corrected chi connectivity index (χ2v) is 6.24. The number of fused-ring (bicyclic) bond motifs is 2. The predicted octanol–water partition coefficient (Wildman–Crippen LogP) is 2.84. The van der Waals surface area contributed by atoms with Crippen molar-refractivity contribution in [2.24, 2.45) is 0 Å². The van der Waals surface area contributed by atoms with Crippen molar-refractivity contribution in [3.63, 3.8) is 0 Å². The summed E-state index contributed by atoms with van der Waals surface area (Å²) in [5, 5.41) is 2.14. The molecule has 0 bridgehead atoms. The van der Waals surface area contributed by atoms with Crippen LogP contribution in [0, 0.1) is 0 Å². The normalized spacial score (nSPS) is 15.4. The Bertz CT molecular complexity index is 1060. The molecular formula is C22H18N2O4. The summed E-state index contributed by atoms with van der Waals surface area (Å²) in [7, 11) is 0. The van der Waals surface area contributed by atoms with Crippen LogP contribution in [0.5, 0.6) is 11.5 Å². The Balaban J connectivity index is 1.34. The summed E-state index contributed by atoms with van der Waals surface area (Å²) in [4.78, 5) is 24.3. The molecule has 1 aliphatic heterocycles. The Kier molecular flexibility index (Phi) is 4.93. The van der Waals surface area contributed by atoms with E-state index in [2.05, 4.69) is 10.9 Å². The molecule has 28 heavy (non-hydrogen) atoms. The molecule has 2 amide bonds. The van der Waals surface area contributed by atoms with Gasteiger partial charge in [0.05, 0.1) is 0 Å². The van der Waals surface area contributed by atoms with E-state index in [0.29, 0.717) is 11.5 Å². The lowest BCUT2D eigenvalue weighted by atomic mass is 10.0. The molecule has 0 spiro atoms. The van der Waals surface area contributed by atoms with Gasteiger partial charge in [0, 0.05) is 6.08 Å². The fourth-order valence-electron chi connectivity index (χ4n) is 2.96. The van der Waals surface area contributed by atoms with E-state index in [-0.39, 0.29) is 6.61 Å². The first-order chi connectivity index (χ1) is 13.7. The maximum absolute atomic E-state index is 12.2. The molecular weight excluding hydrogens is 356 g/mol. The maximum atomic E-state index is 12.2. The molecule has 0 saturated heterocycles. The van der Waals surface area contributed by atoms with Gasteiger partial charge in [-0.05, 0) is 34.5 Å². The molecule has 0 saturated carbocycles. The maximum Gasteiger partial charge on any atom is 0.283 e. The van der Waals surface area contributed by atoms with Crippen molar-refractivity contribution in [3.8, 4) is 11.5 Å². The summed E-state index contributed by atoms with van der Waals surface area (Å²) in [6.45, 7) is 0.0740. The van der Waals surface area contributed by atoms with Crippen LogP contribution < -0.4 is 20.3 Å². The Morgan fingerprint density at radius 2 is 1.64 bits per heavy atom. The molecule has 4 rings (SSSR count). The molecule has 0 radical (unpaired) electrons. The third-order valence-corrected chi connectivity index (χ3v) is 4.35. The van der Waals surface area contributed by atoms with E-state index < -0.39 is 17.9 Å². The van der Waals surface area contributed by atoms with Gasteiger partial charge in [-0.3, -0.25) is 20.4 Å². The Morgan fingerprint density at radius 3 is 2.54 bits per heavy atom. The summed E-state index contributed by atoms with van der Waals surface area (Å²) in [6.07, 6.45) is 2.24. The highest BCUT2D eigenvalue weighted by Crippen LogP contribution is 2.30. The predicted molar refractivity (Wildman–Crippen MR) is 106 cm³/mol. The minimum Gasteiger partial charge on any atom is -0.485 e. The molecule has 3 aromatic rings. The lowest BCUT2D eigenvalue weighted by Gasteiger charge is -2.25. The average molecular weight is 374 g/mol. The van der Waals surface area contributed by atoms with Gasteiger partial charge in [-0.1, -0.05) is 54.6 Å². The topological polar surface area (TPSA) is 76.7 Å². The molecule has 1 unspecified atom stereocenters. The van der Waals surface area contributed by atoms with Crippen LogP contribution in [0.2, 0.25) is 0 Å². The summed E-state index contributed by atoms with van der Waals surface area (Å²) in [5.41, 5.74) is 5.64. The van der Waals surface area contributed by atoms with E-state index in [0.717, 1.165) is 16.3 Å². The van der Waals surface area contributed by atoms with Crippen LogP contribution in [0.4, 0.5) is 0 Å². The summed E-state index contributed by atoms with van der Waals surface area (Å²) < 4.78 is 11.1. The van der Waals surface area contributed by atoms with Crippen LogP contribution in [0.3, 0.4) is 0 Å². The molecule has 140 valence electrons. The number of ether oxygens (including phenoxy) is 2. The molecule has 6 nitrogen and oxygen atoms in total. The average Bonchev–Trinajstić information content (AvgIpc) is 2.75. The first kappa shape index (κ1) is 17.6. The zero-order chi connectivity index (χ0) is 19.3. The first-order valence-electron chi connectivity index (χ1n) is 8.85. The van der Waals surface area contributed by atoms with Crippen molar-refractivity contribution >= 4 is 28.7 Å². The van der Waals surface area contributed by atoms with Gasteiger partial charge in [0.1, 0.15) is 6.61 Å². The molecule has 0 aliphatic carbocycles. The van der Waals surface area contributed by atoms with Crippen LogP contribution in [0.25, 0.3) is 16.8 Å². The quantitative estimate of drug-likeness (QED) is 0.546. The number of benzene rings is 3. The minimum absolute atomic E-state index is 0.0740. The molecule has 6 heteroatoms. The zero-order valence-corrected chi connectivity index (χ0v) is 14.9. The van der Waals surface area contributed by atoms with Gasteiger partial charge < -0.3 is 9.47 Å². The fourth-order valence-corrected chi connectivity index (χ4v) is 2.96. The van der Waals surface area contributed by atoms with Crippen molar-refractivity contribution in [2.75, 3.05) is 6.61 Å². The summed E-state index contributed by atoms with van der Waals surface area (Å²) >= 11 is 0. The van der Waals surface area contributed by atoms with Crippen molar-refractivity contribution in [1.29, 1.82) is 0 Å². The number of rotatable bonds is 3. The van der Waals surface area contributed by atoms with Gasteiger partial charge >= 0.3 is 0 Å². The van der Waals surface area contributed by atoms with Crippen LogP contribution in [0.15, 0.2) is 72.8 Å². The highest BCUT2D eigenvalue weighted by Gasteiger charge is 2.27. The fraction of sp³-hybridized carbons (Fsp3) is 0.0909. The second-order valence-electron chi connectivity index (χ2n) is 6.24. The third-order valence-electron chi connectivity index (χ3n) is 4.35. The van der Waals surface area contributed by atoms with E-state index in [1.807, 2.05) is 48.5 Å². The number of amides is 2. The van der Waals surface area contributed by atoms with E-state index in [4.69, 9.17) is 9.47 Å². The molecule has 2 N–H and O–H groups in total. The SMILES string of the molecule is O=C(/C=C/c1cccc2ccccc12)NNC(=O)C1COc2ccccc2O1. The number of nitrogens with one attached hydrogen (secondary N) is 2. The van der Waals surface area contributed by atoms with Crippen LogP contribution >= 0.6 is 0 Å². The largest absolute Gasteiger partial charge is 0.485 e. The van der Waals surface area contributed by atoms with Gasteiger partial charge in [0.2, 0.25) is 6.10 Å². The number of para-hydroxylation sites is 2. The molecule has 1 atom stereocenters. The van der Waals surface area contributed by atoms with Crippen LogP contribution in [0.1, 0.15) is 5.56 Å². The van der Waals surface area contributed by atoms with Gasteiger partial charge in [-0.2, -0.15) is 0 Å². The smallest absolute Gasteiger partial charge is 0.283 e.